The number of hydrogen-bond acceptors (Lipinski definition) is 18. The maximum atomic E-state index is 13.5. The van der Waals surface area contributed by atoms with Crippen LogP contribution >= 0.6 is 22.7 Å². The van der Waals surface area contributed by atoms with E-state index in [9.17, 15) is 46.8 Å². The molecule has 5 aromatic carbocycles. The second kappa shape index (κ2) is 46.8. The van der Waals surface area contributed by atoms with E-state index >= 15 is 0 Å². The van der Waals surface area contributed by atoms with Gasteiger partial charge in [0, 0.05) is 30.4 Å². The SMILES string of the molecule is [C-]#[N+]C1=C(C=Cc2sc(C=Cc3sc(C=Cc4ccc(N(CC)CCCCCCOc5ccccc5C(=O)O)cc4)c(OCCCC)c3OCCCC)c(OCCCC)c2OCCCC)C(C)(CCCOOCc2cc(OCc3ccc(OC(F)=C(F)F)cc3)cc(OCc3ccc(OC(F)=C(F)F)cc3)c2)OC1=C(C#N)C#N. The first kappa shape index (κ1) is 88.5. The molecule has 0 saturated carbocycles. The molecule has 7 aromatic rings. The molecule has 0 radical (unpaired) electrons. The lowest BCUT2D eigenvalue weighted by Gasteiger charge is -2.27. The number of rotatable bonds is 50. The van der Waals surface area contributed by atoms with Crippen LogP contribution in [0.15, 0.2) is 168 Å². The predicted octanol–water partition coefficient (Wildman–Crippen LogP) is 24.2. The summed E-state index contributed by atoms with van der Waals surface area (Å²) in [4.78, 5) is 32.5. The van der Waals surface area contributed by atoms with Gasteiger partial charge in [0.25, 0.3) is 0 Å². The van der Waals surface area contributed by atoms with Crippen LogP contribution in [0.25, 0.3) is 35.2 Å². The minimum atomic E-state index is -2.61. The summed E-state index contributed by atoms with van der Waals surface area (Å²) in [6.07, 6.45) is 17.7. The normalized spacial score (nSPS) is 13.1. The van der Waals surface area contributed by atoms with Crippen LogP contribution < -0.4 is 47.5 Å². The van der Waals surface area contributed by atoms with E-state index in [1.807, 2.05) is 30.4 Å². The molecule has 0 spiro atoms. The Kier molecular flexibility index (Phi) is 36.3. The number of para-hydroxylation sites is 1. The van der Waals surface area contributed by atoms with Crippen molar-refractivity contribution in [2.24, 2.45) is 0 Å². The van der Waals surface area contributed by atoms with Gasteiger partial charge in [-0.15, -0.1) is 22.7 Å². The molecule has 1 unspecified atom stereocenters. The molecule has 0 fully saturated rings. The molecule has 0 amide bonds. The summed E-state index contributed by atoms with van der Waals surface area (Å²) < 4.78 is 138. The lowest BCUT2D eigenvalue weighted by molar-refractivity contribution is -0.304. The summed E-state index contributed by atoms with van der Waals surface area (Å²) in [7, 11) is 0. The zero-order valence-corrected chi connectivity index (χ0v) is 66.4. The van der Waals surface area contributed by atoms with Crippen LogP contribution in [0.3, 0.4) is 0 Å². The molecule has 3 heterocycles. The standard InChI is InChI=1S/C88H94F6N4O14S2/c1-8-13-46-102-79-73(40-32-60-26-33-65(34-27-60)98(12-5)45-21-17-18-22-50-101-72-25-20-19-24-70(72)87(99)100)113-75(81(79)104-48-15-10-3)42-43-76-82(105-49-16-11-4)80(103-47-14-9-2)74(114-76)41-39-71-77(97-7)78(64(55-95)56-96)112-88(71,6)44-23-51-108-109-59-63-52-68(106-57-61-28-35-66(36-29-61)110-85(93)83(89)90)54-69(53-63)107-58-62-30-37-67(38-31-62)111-86(94)84(91)92/h19-20,24-43,52-54H,8-18,21-23,44-51,57-59H2,1-6H3,(H,99,100). The van der Waals surface area contributed by atoms with Crippen molar-refractivity contribution in [3.05, 3.63) is 227 Å². The van der Waals surface area contributed by atoms with E-state index in [0.29, 0.717) is 100 Å². The molecule has 0 bridgehead atoms. The van der Waals surface area contributed by atoms with Crippen LogP contribution in [0.1, 0.15) is 184 Å². The number of unbranched alkanes of at least 4 members (excludes halogenated alkanes) is 7. The molecular formula is C88H94F6N4O14S2. The lowest BCUT2D eigenvalue weighted by atomic mass is 9.90. The van der Waals surface area contributed by atoms with Gasteiger partial charge in [-0.1, -0.05) is 127 Å². The molecule has 1 atom stereocenters. The Balaban J connectivity index is 1.01. The zero-order valence-electron chi connectivity index (χ0n) is 64.7. The number of hydrogen-bond donors (Lipinski definition) is 1. The summed E-state index contributed by atoms with van der Waals surface area (Å²) in [5, 5.41) is 29.9. The smallest absolute Gasteiger partial charge is 0.344 e. The Labute approximate surface area is 670 Å². The monoisotopic (exact) mass is 1610 g/mol. The van der Waals surface area contributed by atoms with E-state index in [1.54, 1.807) is 66.8 Å². The third-order valence-corrected chi connectivity index (χ3v) is 19.9. The molecular weight excluding hydrogens is 1520 g/mol. The fourth-order valence-corrected chi connectivity index (χ4v) is 13.6. The van der Waals surface area contributed by atoms with Crippen LogP contribution in [0.5, 0.6) is 51.7 Å². The van der Waals surface area contributed by atoms with Crippen molar-refractivity contribution in [3.63, 3.8) is 0 Å². The van der Waals surface area contributed by atoms with Gasteiger partial charge in [-0.25, -0.2) is 19.4 Å². The van der Waals surface area contributed by atoms with Crippen LogP contribution in [0.2, 0.25) is 0 Å². The third-order valence-electron chi connectivity index (χ3n) is 17.7. The highest BCUT2D eigenvalue weighted by molar-refractivity contribution is 7.15. The molecule has 1 N–H and O–H groups in total. The van der Waals surface area contributed by atoms with E-state index in [1.165, 1.54) is 59.9 Å². The fraction of sp³-hybridized carbons (Fsp3) is 0.364. The van der Waals surface area contributed by atoms with Crippen molar-refractivity contribution in [1.29, 1.82) is 10.5 Å². The van der Waals surface area contributed by atoms with Crippen molar-refractivity contribution in [3.8, 4) is 63.9 Å². The van der Waals surface area contributed by atoms with Crippen LogP contribution in [-0.2, 0) is 34.3 Å². The number of benzene rings is 5. The molecule has 1 aliphatic heterocycles. The van der Waals surface area contributed by atoms with Crippen LogP contribution in [-0.4, -0.2) is 69.4 Å². The van der Waals surface area contributed by atoms with Crippen LogP contribution in [0, 0.1) is 29.2 Å². The number of carboxylic acid groups (broad SMARTS) is 1. The second-order valence-corrected chi connectivity index (χ2v) is 28.5. The maximum absolute atomic E-state index is 13.5. The number of allylic oxidation sites excluding steroid dienone is 1. The van der Waals surface area contributed by atoms with Gasteiger partial charge < -0.3 is 57.4 Å². The van der Waals surface area contributed by atoms with E-state index < -0.39 is 35.8 Å². The molecule has 18 nitrogen and oxygen atoms in total. The van der Waals surface area contributed by atoms with E-state index in [0.717, 1.165) is 116 Å². The van der Waals surface area contributed by atoms with Crippen molar-refractivity contribution in [2.75, 3.05) is 57.6 Å². The van der Waals surface area contributed by atoms with Gasteiger partial charge in [-0.2, -0.15) is 36.9 Å². The first-order valence-electron chi connectivity index (χ1n) is 38.0. The highest BCUT2D eigenvalue weighted by atomic mass is 32.1. The highest BCUT2D eigenvalue weighted by Crippen LogP contribution is 2.50. The molecule has 114 heavy (non-hydrogen) atoms. The second-order valence-electron chi connectivity index (χ2n) is 26.3. The molecule has 0 aliphatic carbocycles. The van der Waals surface area contributed by atoms with Crippen molar-refractivity contribution >= 4 is 64.7 Å². The van der Waals surface area contributed by atoms with Crippen molar-refractivity contribution < 1.29 is 93.4 Å². The van der Waals surface area contributed by atoms with Crippen molar-refractivity contribution in [1.82, 2.24) is 0 Å². The van der Waals surface area contributed by atoms with Gasteiger partial charge in [0.15, 0.2) is 34.3 Å². The molecule has 8 rings (SSSR count). The largest absolute Gasteiger partial charge is 0.493 e. The minimum Gasteiger partial charge on any atom is -0.493 e. The summed E-state index contributed by atoms with van der Waals surface area (Å²) in [5.74, 6) is 1.86. The number of carboxylic acids is 1. The zero-order chi connectivity index (χ0) is 81.6. The molecule has 604 valence electrons. The van der Waals surface area contributed by atoms with E-state index in [4.69, 9.17) is 54.2 Å². The molecule has 2 aromatic heterocycles. The van der Waals surface area contributed by atoms with Crippen LogP contribution in [0.4, 0.5) is 32.0 Å². The minimum absolute atomic E-state index is 0.0000570. The summed E-state index contributed by atoms with van der Waals surface area (Å²) in [6, 6.07) is 31.0. The predicted molar refractivity (Wildman–Crippen MR) is 430 cm³/mol. The highest BCUT2D eigenvalue weighted by Gasteiger charge is 2.42. The van der Waals surface area contributed by atoms with Gasteiger partial charge in [0.05, 0.1) is 65.7 Å². The Hall–Kier alpha value is -11.1. The first-order chi connectivity index (χ1) is 55.4. The molecule has 1 aliphatic rings. The summed E-state index contributed by atoms with van der Waals surface area (Å²) in [5.41, 5.74) is 2.67. The molecule has 0 saturated heterocycles. The number of halogens is 6. The van der Waals surface area contributed by atoms with E-state index in [2.05, 4.69) is 90.3 Å². The Morgan fingerprint density at radius 3 is 1.46 bits per heavy atom. The quantitative estimate of drug-likeness (QED) is 0.00716. The number of nitriles is 2. The third kappa shape index (κ3) is 26.8. The number of carbonyl (C=O) groups is 1. The fourth-order valence-electron chi connectivity index (χ4n) is 11.6. The Bertz CT molecular complexity index is 4530. The van der Waals surface area contributed by atoms with Gasteiger partial charge in [-0.3, -0.25) is 0 Å². The number of nitrogens with zero attached hydrogens (tertiary/aromatic N) is 4. The van der Waals surface area contributed by atoms with E-state index in [-0.39, 0.29) is 73.4 Å². The van der Waals surface area contributed by atoms with Gasteiger partial charge >= 0.3 is 30.2 Å². The van der Waals surface area contributed by atoms with Gasteiger partial charge in [0.2, 0.25) is 5.70 Å². The Morgan fingerprint density at radius 2 is 1.00 bits per heavy atom. The number of aromatic carboxylic acids is 1. The molecule has 26 heteroatoms. The lowest BCUT2D eigenvalue weighted by Crippen LogP contribution is -2.26. The average Bonchev–Trinajstić information content (AvgIpc) is 1.68. The number of anilines is 1. The number of ether oxygens (including phenoxy) is 10. The summed E-state index contributed by atoms with van der Waals surface area (Å²) in [6.45, 7) is 24.5. The Morgan fingerprint density at radius 1 is 0.526 bits per heavy atom. The number of thiophene rings is 2. The van der Waals surface area contributed by atoms with Crippen molar-refractivity contribution in [2.45, 2.75) is 157 Å². The van der Waals surface area contributed by atoms with Gasteiger partial charge in [0.1, 0.15) is 71.9 Å². The average molecular weight is 1610 g/mol. The first-order valence-corrected chi connectivity index (χ1v) is 39.6. The maximum Gasteiger partial charge on any atom is 0.344 e. The summed E-state index contributed by atoms with van der Waals surface area (Å²) >= 11 is 2.99. The van der Waals surface area contributed by atoms with Gasteiger partial charge in [-0.05, 0) is 172 Å². The topological polar surface area (TPSA) is 203 Å².